The Morgan fingerprint density at radius 1 is 1.35 bits per heavy atom. The fourth-order valence-corrected chi connectivity index (χ4v) is 1.75. The van der Waals surface area contributed by atoms with Crippen molar-refractivity contribution in [1.82, 2.24) is 4.98 Å². The molecule has 0 saturated carbocycles. The van der Waals surface area contributed by atoms with Crippen LogP contribution in [0.1, 0.15) is 25.3 Å². The smallest absolute Gasteiger partial charge is 0.226 e. The third kappa shape index (κ3) is 3.30. The first-order chi connectivity index (χ1) is 9.60. The number of azide groups is 1. The lowest BCUT2D eigenvalue weighted by Gasteiger charge is -2.09. The summed E-state index contributed by atoms with van der Waals surface area (Å²) in [6, 6.07) is 7.53. The Morgan fingerprint density at radius 3 is 2.65 bits per heavy atom. The Balaban J connectivity index is 2.21. The molecule has 2 aromatic rings. The van der Waals surface area contributed by atoms with Crippen molar-refractivity contribution in [1.29, 1.82) is 0 Å². The summed E-state index contributed by atoms with van der Waals surface area (Å²) in [5.74, 6) is 1.98. The van der Waals surface area contributed by atoms with Crippen LogP contribution in [-0.2, 0) is 6.54 Å². The first-order valence-corrected chi connectivity index (χ1v) is 6.34. The van der Waals surface area contributed by atoms with Crippen LogP contribution in [0.15, 0.2) is 33.8 Å². The zero-order chi connectivity index (χ0) is 14.5. The van der Waals surface area contributed by atoms with E-state index in [1.165, 1.54) is 0 Å². The van der Waals surface area contributed by atoms with Crippen LogP contribution in [0.4, 0.5) is 0 Å². The van der Waals surface area contributed by atoms with Gasteiger partial charge in [0.05, 0.1) is 18.3 Å². The summed E-state index contributed by atoms with van der Waals surface area (Å²) >= 11 is 0. The molecule has 0 atom stereocenters. The summed E-state index contributed by atoms with van der Waals surface area (Å²) in [4.78, 5) is 7.06. The largest absolute Gasteiger partial charge is 0.491 e. The lowest BCUT2D eigenvalue weighted by molar-refractivity contribution is 0.242. The molecule has 0 N–H and O–H groups in total. The molecule has 0 aliphatic heterocycles. The minimum absolute atomic E-state index is 0.139. The van der Waals surface area contributed by atoms with Crippen LogP contribution in [0.3, 0.4) is 0 Å². The summed E-state index contributed by atoms with van der Waals surface area (Å²) in [5.41, 5.74) is 9.84. The van der Waals surface area contributed by atoms with Crippen molar-refractivity contribution in [3.63, 3.8) is 0 Å². The van der Waals surface area contributed by atoms with E-state index in [-0.39, 0.29) is 12.6 Å². The van der Waals surface area contributed by atoms with Gasteiger partial charge in [-0.25, -0.2) is 4.98 Å². The van der Waals surface area contributed by atoms with E-state index in [2.05, 4.69) is 15.0 Å². The number of nitrogens with zero attached hydrogens (tertiary/aromatic N) is 4. The number of ether oxygens (including phenoxy) is 1. The summed E-state index contributed by atoms with van der Waals surface area (Å²) in [6.07, 6.45) is 0.139. The molecule has 0 radical (unpaired) electrons. The van der Waals surface area contributed by atoms with Gasteiger partial charge in [0.1, 0.15) is 11.5 Å². The summed E-state index contributed by atoms with van der Waals surface area (Å²) in [6.45, 7) is 5.95. The van der Waals surface area contributed by atoms with E-state index in [1.54, 1.807) is 6.92 Å². The third-order valence-corrected chi connectivity index (χ3v) is 2.65. The van der Waals surface area contributed by atoms with Gasteiger partial charge in [-0.05, 0) is 50.6 Å². The van der Waals surface area contributed by atoms with Gasteiger partial charge in [-0.1, -0.05) is 5.11 Å². The first-order valence-electron chi connectivity index (χ1n) is 6.34. The van der Waals surface area contributed by atoms with Gasteiger partial charge in [-0.2, -0.15) is 0 Å². The summed E-state index contributed by atoms with van der Waals surface area (Å²) in [5, 5.41) is 3.49. The molecular formula is C14H16N4O2. The van der Waals surface area contributed by atoms with Crippen molar-refractivity contribution in [2.75, 3.05) is 0 Å². The Kier molecular flexibility index (Phi) is 4.27. The molecule has 0 aliphatic carbocycles. The van der Waals surface area contributed by atoms with Crippen LogP contribution >= 0.6 is 0 Å². The molecule has 0 aliphatic rings. The average Bonchev–Trinajstić information content (AvgIpc) is 2.78. The van der Waals surface area contributed by atoms with E-state index in [1.807, 2.05) is 38.1 Å². The molecule has 6 nitrogen and oxygen atoms in total. The highest BCUT2D eigenvalue weighted by molar-refractivity contribution is 5.55. The van der Waals surface area contributed by atoms with Crippen molar-refractivity contribution in [2.45, 2.75) is 33.4 Å². The van der Waals surface area contributed by atoms with E-state index >= 15 is 0 Å². The topological polar surface area (TPSA) is 84.0 Å². The molecule has 0 saturated heterocycles. The van der Waals surface area contributed by atoms with Gasteiger partial charge in [0.25, 0.3) is 0 Å². The number of rotatable bonds is 5. The predicted octanol–water partition coefficient (Wildman–Crippen LogP) is 4.25. The molecule has 0 amide bonds. The zero-order valence-electron chi connectivity index (χ0n) is 11.7. The minimum Gasteiger partial charge on any atom is -0.491 e. The van der Waals surface area contributed by atoms with E-state index < -0.39 is 0 Å². The molecule has 2 rings (SSSR count). The average molecular weight is 272 g/mol. The molecule has 0 spiro atoms. The first kappa shape index (κ1) is 14.0. The molecular weight excluding hydrogens is 256 g/mol. The number of aryl methyl sites for hydroxylation is 1. The highest BCUT2D eigenvalue weighted by atomic mass is 16.5. The van der Waals surface area contributed by atoms with Crippen LogP contribution in [0.25, 0.3) is 21.9 Å². The third-order valence-electron chi connectivity index (χ3n) is 2.65. The van der Waals surface area contributed by atoms with Crippen molar-refractivity contribution in [3.8, 4) is 17.2 Å². The second-order valence-corrected chi connectivity index (χ2v) is 4.60. The molecule has 0 bridgehead atoms. The van der Waals surface area contributed by atoms with Crippen molar-refractivity contribution < 1.29 is 9.15 Å². The minimum atomic E-state index is 0.139. The van der Waals surface area contributed by atoms with Gasteiger partial charge in [0.15, 0.2) is 0 Å². The molecule has 1 aromatic carbocycles. The lowest BCUT2D eigenvalue weighted by atomic mass is 10.2. The standard InChI is InChI=1S/C14H16N4O2/c1-9(2)19-12-6-4-11(5-7-12)14-17-13(8-16-18-15)10(3)20-14/h4-7,9H,8H2,1-3H3. The van der Waals surface area contributed by atoms with Crippen LogP contribution in [0.5, 0.6) is 5.75 Å². The Labute approximate surface area is 117 Å². The highest BCUT2D eigenvalue weighted by Gasteiger charge is 2.10. The molecule has 0 unspecified atom stereocenters. The van der Waals surface area contributed by atoms with Crippen LogP contribution in [0.2, 0.25) is 0 Å². The van der Waals surface area contributed by atoms with Crippen LogP contribution in [-0.4, -0.2) is 11.1 Å². The van der Waals surface area contributed by atoms with E-state index in [4.69, 9.17) is 14.7 Å². The SMILES string of the molecule is Cc1oc(-c2ccc(OC(C)C)cc2)nc1CN=[N+]=[N-]. The van der Waals surface area contributed by atoms with Crippen molar-refractivity contribution in [2.24, 2.45) is 5.11 Å². The molecule has 1 heterocycles. The lowest BCUT2D eigenvalue weighted by Crippen LogP contribution is -2.05. The number of oxazole rings is 1. The van der Waals surface area contributed by atoms with Gasteiger partial charge in [-0.3, -0.25) is 0 Å². The summed E-state index contributed by atoms with van der Waals surface area (Å²) < 4.78 is 11.2. The molecule has 6 heteroatoms. The number of hydrogen-bond acceptors (Lipinski definition) is 4. The van der Waals surface area contributed by atoms with Crippen molar-refractivity contribution in [3.05, 3.63) is 46.2 Å². The highest BCUT2D eigenvalue weighted by Crippen LogP contribution is 2.24. The predicted molar refractivity (Wildman–Crippen MR) is 75.3 cm³/mol. The fraction of sp³-hybridized carbons (Fsp3) is 0.357. The molecule has 0 fully saturated rings. The van der Waals surface area contributed by atoms with Crippen LogP contribution < -0.4 is 4.74 Å². The molecule has 104 valence electrons. The number of aromatic nitrogens is 1. The van der Waals surface area contributed by atoms with E-state index in [9.17, 15) is 0 Å². The Hall–Kier alpha value is -2.46. The quantitative estimate of drug-likeness (QED) is 0.463. The van der Waals surface area contributed by atoms with E-state index in [0.29, 0.717) is 17.3 Å². The second-order valence-electron chi connectivity index (χ2n) is 4.60. The maximum atomic E-state index is 8.33. The maximum Gasteiger partial charge on any atom is 0.226 e. The summed E-state index contributed by atoms with van der Waals surface area (Å²) in [7, 11) is 0. The number of benzene rings is 1. The van der Waals surface area contributed by atoms with Gasteiger partial charge < -0.3 is 9.15 Å². The molecule has 1 aromatic heterocycles. The monoisotopic (exact) mass is 272 g/mol. The maximum absolute atomic E-state index is 8.33. The van der Waals surface area contributed by atoms with Crippen LogP contribution in [0, 0.1) is 6.92 Å². The van der Waals surface area contributed by atoms with Gasteiger partial charge >= 0.3 is 0 Å². The van der Waals surface area contributed by atoms with Crippen molar-refractivity contribution >= 4 is 0 Å². The number of hydrogen-bond donors (Lipinski definition) is 0. The second kappa shape index (κ2) is 6.12. The Bertz CT molecular complexity index is 625. The van der Waals surface area contributed by atoms with Gasteiger partial charge in [0, 0.05) is 10.5 Å². The Morgan fingerprint density at radius 2 is 2.05 bits per heavy atom. The normalized spacial score (nSPS) is 10.4. The zero-order valence-corrected chi connectivity index (χ0v) is 11.7. The van der Waals surface area contributed by atoms with Gasteiger partial charge in [-0.15, -0.1) is 0 Å². The molecule has 20 heavy (non-hydrogen) atoms. The fourth-order valence-electron chi connectivity index (χ4n) is 1.75. The van der Waals surface area contributed by atoms with Gasteiger partial charge in [0.2, 0.25) is 5.89 Å². The van der Waals surface area contributed by atoms with E-state index in [0.717, 1.165) is 11.3 Å².